The Kier molecular flexibility index (Phi) is 3.67. The van der Waals surface area contributed by atoms with Gasteiger partial charge in [0.1, 0.15) is 6.61 Å². The molecular formula is C14H18O3. The van der Waals surface area contributed by atoms with Crippen molar-refractivity contribution in [2.75, 3.05) is 6.61 Å². The Morgan fingerprint density at radius 1 is 1.35 bits per heavy atom. The molecule has 0 saturated carbocycles. The average Bonchev–Trinajstić information content (AvgIpc) is 2.35. The number of hydrogen-bond acceptors (Lipinski definition) is 3. The summed E-state index contributed by atoms with van der Waals surface area (Å²) in [6.07, 6.45) is 1.03. The molecule has 1 aliphatic heterocycles. The number of ether oxygens (including phenoxy) is 2. The zero-order valence-corrected chi connectivity index (χ0v) is 10.3. The van der Waals surface area contributed by atoms with Crippen LogP contribution in [0.3, 0.4) is 0 Å². The van der Waals surface area contributed by atoms with E-state index in [2.05, 4.69) is 13.8 Å². The predicted octanol–water partition coefficient (Wildman–Crippen LogP) is 2.83. The highest BCUT2D eigenvalue weighted by atomic mass is 16.6. The first kappa shape index (κ1) is 12.0. The second-order valence-electron chi connectivity index (χ2n) is 4.76. The van der Waals surface area contributed by atoms with Gasteiger partial charge in [0.05, 0.1) is 0 Å². The van der Waals surface area contributed by atoms with E-state index in [1.165, 1.54) is 0 Å². The molecule has 0 bridgehead atoms. The first-order valence-electron chi connectivity index (χ1n) is 6.08. The second kappa shape index (κ2) is 5.21. The maximum atomic E-state index is 11.9. The van der Waals surface area contributed by atoms with Crippen molar-refractivity contribution in [1.82, 2.24) is 0 Å². The smallest absolute Gasteiger partial charge is 0.190 e. The molecule has 92 valence electrons. The standard InChI is InChI=1S/C14H18O3/c1-10(2)7-8-11(15)14-9-16-12-5-3-4-6-13(12)17-14/h3-6,10,14H,7-9H2,1-2H3. The topological polar surface area (TPSA) is 35.5 Å². The molecule has 17 heavy (non-hydrogen) atoms. The van der Waals surface area contributed by atoms with Crippen molar-refractivity contribution < 1.29 is 14.3 Å². The lowest BCUT2D eigenvalue weighted by atomic mass is 10.0. The Morgan fingerprint density at radius 2 is 2.06 bits per heavy atom. The van der Waals surface area contributed by atoms with Crippen LogP contribution in [0.2, 0.25) is 0 Å². The van der Waals surface area contributed by atoms with Crippen LogP contribution < -0.4 is 9.47 Å². The van der Waals surface area contributed by atoms with Crippen molar-refractivity contribution in [3.8, 4) is 11.5 Å². The van der Waals surface area contributed by atoms with Crippen LogP contribution in [0.4, 0.5) is 0 Å². The fourth-order valence-corrected chi connectivity index (χ4v) is 1.77. The summed E-state index contributed by atoms with van der Waals surface area (Å²) in [6, 6.07) is 7.45. The summed E-state index contributed by atoms with van der Waals surface area (Å²) in [5.41, 5.74) is 0. The number of para-hydroxylation sites is 2. The van der Waals surface area contributed by atoms with Crippen molar-refractivity contribution in [3.05, 3.63) is 24.3 Å². The van der Waals surface area contributed by atoms with Crippen molar-refractivity contribution in [2.24, 2.45) is 5.92 Å². The molecule has 3 heteroatoms. The number of carbonyl (C=O) groups is 1. The van der Waals surface area contributed by atoms with Crippen LogP contribution in [0.1, 0.15) is 26.7 Å². The monoisotopic (exact) mass is 234 g/mol. The maximum Gasteiger partial charge on any atom is 0.190 e. The molecule has 0 N–H and O–H groups in total. The summed E-state index contributed by atoms with van der Waals surface area (Å²) < 4.78 is 11.2. The third-order valence-corrected chi connectivity index (χ3v) is 2.84. The van der Waals surface area contributed by atoms with Gasteiger partial charge in [-0.15, -0.1) is 0 Å². The van der Waals surface area contributed by atoms with E-state index in [0.717, 1.165) is 12.2 Å². The molecule has 0 aliphatic carbocycles. The summed E-state index contributed by atoms with van der Waals surface area (Å²) in [5.74, 6) is 2.06. The Hall–Kier alpha value is -1.51. The molecule has 1 atom stereocenters. The molecule has 1 unspecified atom stereocenters. The summed E-state index contributed by atoms with van der Waals surface area (Å²) in [6.45, 7) is 4.55. The number of fused-ring (bicyclic) bond motifs is 1. The lowest BCUT2D eigenvalue weighted by molar-refractivity contribution is -0.128. The van der Waals surface area contributed by atoms with Gasteiger partial charge in [-0.2, -0.15) is 0 Å². The predicted molar refractivity (Wildman–Crippen MR) is 65.4 cm³/mol. The van der Waals surface area contributed by atoms with Crippen LogP contribution in [0.5, 0.6) is 11.5 Å². The van der Waals surface area contributed by atoms with Crippen molar-refractivity contribution >= 4 is 5.78 Å². The molecule has 0 aromatic heterocycles. The fraction of sp³-hybridized carbons (Fsp3) is 0.500. The number of Topliss-reactive ketones (excluding diaryl/α,β-unsaturated/α-hetero) is 1. The third kappa shape index (κ3) is 2.99. The van der Waals surface area contributed by atoms with Gasteiger partial charge in [-0.25, -0.2) is 0 Å². The van der Waals surface area contributed by atoms with Crippen LogP contribution >= 0.6 is 0 Å². The molecule has 0 radical (unpaired) electrons. The van der Waals surface area contributed by atoms with E-state index >= 15 is 0 Å². The van der Waals surface area contributed by atoms with Crippen LogP contribution in [0.15, 0.2) is 24.3 Å². The number of benzene rings is 1. The van der Waals surface area contributed by atoms with Crippen LogP contribution in [0.25, 0.3) is 0 Å². The zero-order chi connectivity index (χ0) is 12.3. The van der Waals surface area contributed by atoms with Gasteiger partial charge in [-0.1, -0.05) is 26.0 Å². The molecule has 0 fully saturated rings. The van der Waals surface area contributed by atoms with E-state index < -0.39 is 6.10 Å². The fourth-order valence-electron chi connectivity index (χ4n) is 1.77. The lowest BCUT2D eigenvalue weighted by Crippen LogP contribution is -2.36. The van der Waals surface area contributed by atoms with Crippen LogP contribution in [-0.2, 0) is 4.79 Å². The minimum absolute atomic E-state index is 0.133. The van der Waals surface area contributed by atoms with E-state index in [-0.39, 0.29) is 5.78 Å². The average molecular weight is 234 g/mol. The SMILES string of the molecule is CC(C)CCC(=O)C1COc2ccccc2O1. The molecule has 0 saturated heterocycles. The van der Waals surface area contributed by atoms with Gasteiger partial charge in [0.25, 0.3) is 0 Å². The number of ketones is 1. The number of carbonyl (C=O) groups excluding carboxylic acids is 1. The largest absolute Gasteiger partial charge is 0.485 e. The quantitative estimate of drug-likeness (QED) is 0.803. The Morgan fingerprint density at radius 3 is 2.76 bits per heavy atom. The highest BCUT2D eigenvalue weighted by Gasteiger charge is 2.26. The van der Waals surface area contributed by atoms with Crippen LogP contribution in [-0.4, -0.2) is 18.5 Å². The number of hydrogen-bond donors (Lipinski definition) is 0. The first-order valence-corrected chi connectivity index (χ1v) is 6.08. The Bertz CT molecular complexity index is 398. The minimum Gasteiger partial charge on any atom is -0.485 e. The molecule has 1 aromatic rings. The molecule has 1 aromatic carbocycles. The van der Waals surface area contributed by atoms with E-state index in [4.69, 9.17) is 9.47 Å². The van der Waals surface area contributed by atoms with Gasteiger partial charge in [0.2, 0.25) is 0 Å². The Labute approximate surface area is 102 Å². The molecule has 2 rings (SSSR count). The van der Waals surface area contributed by atoms with Crippen LogP contribution in [0, 0.1) is 5.92 Å². The molecular weight excluding hydrogens is 216 g/mol. The summed E-state index contributed by atoms with van der Waals surface area (Å²) >= 11 is 0. The third-order valence-electron chi connectivity index (χ3n) is 2.84. The van der Waals surface area contributed by atoms with Crippen molar-refractivity contribution in [3.63, 3.8) is 0 Å². The minimum atomic E-state index is -0.441. The molecule has 3 nitrogen and oxygen atoms in total. The summed E-state index contributed by atoms with van der Waals surface area (Å²) in [4.78, 5) is 11.9. The van der Waals surface area contributed by atoms with Gasteiger partial charge in [-0.05, 0) is 24.5 Å². The lowest BCUT2D eigenvalue weighted by Gasteiger charge is -2.25. The Balaban J connectivity index is 1.95. The van der Waals surface area contributed by atoms with Gasteiger partial charge >= 0.3 is 0 Å². The van der Waals surface area contributed by atoms with Crippen molar-refractivity contribution in [2.45, 2.75) is 32.8 Å². The second-order valence-corrected chi connectivity index (χ2v) is 4.76. The highest BCUT2D eigenvalue weighted by molar-refractivity contribution is 5.84. The van der Waals surface area contributed by atoms with Crippen molar-refractivity contribution in [1.29, 1.82) is 0 Å². The van der Waals surface area contributed by atoms with Gasteiger partial charge in [0.15, 0.2) is 23.4 Å². The zero-order valence-electron chi connectivity index (χ0n) is 10.3. The first-order chi connectivity index (χ1) is 8.16. The normalized spacial score (nSPS) is 18.2. The molecule has 1 aliphatic rings. The maximum absolute atomic E-state index is 11.9. The molecule has 0 amide bonds. The van der Waals surface area contributed by atoms with Gasteiger partial charge < -0.3 is 9.47 Å². The van der Waals surface area contributed by atoms with Gasteiger partial charge in [-0.3, -0.25) is 4.79 Å². The summed E-state index contributed by atoms with van der Waals surface area (Å²) in [7, 11) is 0. The number of rotatable bonds is 4. The highest BCUT2D eigenvalue weighted by Crippen LogP contribution is 2.31. The summed E-state index contributed by atoms with van der Waals surface area (Å²) in [5, 5.41) is 0. The van der Waals surface area contributed by atoms with E-state index in [9.17, 15) is 4.79 Å². The van der Waals surface area contributed by atoms with E-state index in [1.807, 2.05) is 24.3 Å². The molecule has 1 heterocycles. The van der Waals surface area contributed by atoms with E-state index in [1.54, 1.807) is 0 Å². The van der Waals surface area contributed by atoms with E-state index in [0.29, 0.717) is 24.7 Å². The van der Waals surface area contributed by atoms with Gasteiger partial charge in [0, 0.05) is 6.42 Å². The molecule has 0 spiro atoms.